The number of nitrogens with zero attached hydrogens (tertiary/aromatic N) is 3. The van der Waals surface area contributed by atoms with Crippen LogP contribution in [0.1, 0.15) is 37.4 Å². The van der Waals surface area contributed by atoms with Gasteiger partial charge >= 0.3 is 0 Å². The van der Waals surface area contributed by atoms with Crippen LogP contribution in [0.25, 0.3) is 0 Å². The average Bonchev–Trinajstić information content (AvgIpc) is 2.82. The maximum atomic E-state index is 11.7. The Morgan fingerprint density at radius 2 is 2.24 bits per heavy atom. The number of nitrogens with one attached hydrogen (secondary N) is 2. The number of piperidine rings is 1. The molecule has 21 heavy (non-hydrogen) atoms. The van der Waals surface area contributed by atoms with Crippen LogP contribution in [0, 0.1) is 4.78 Å². The second-order valence-corrected chi connectivity index (χ2v) is 7.74. The molecule has 2 atom stereocenters. The summed E-state index contributed by atoms with van der Waals surface area (Å²) < 4.78 is 20.0. The Hall–Kier alpha value is -1.77. The van der Waals surface area contributed by atoms with E-state index in [4.69, 9.17) is 4.78 Å². The van der Waals surface area contributed by atoms with E-state index >= 15 is 0 Å². The predicted molar refractivity (Wildman–Crippen MR) is 76.0 cm³/mol. The van der Waals surface area contributed by atoms with Crippen molar-refractivity contribution in [2.75, 3.05) is 12.0 Å². The molecule has 8 nitrogen and oxygen atoms in total. The monoisotopic (exact) mass is 313 g/mol. The van der Waals surface area contributed by atoms with E-state index in [-0.39, 0.29) is 11.8 Å². The molecule has 1 aromatic rings. The molecule has 9 heteroatoms. The van der Waals surface area contributed by atoms with Crippen molar-refractivity contribution in [3.63, 3.8) is 0 Å². The molecule has 0 saturated carbocycles. The lowest BCUT2D eigenvalue weighted by Crippen LogP contribution is -2.41. The van der Waals surface area contributed by atoms with Gasteiger partial charge in [-0.05, 0) is 25.7 Å². The number of rotatable bonds is 6. The Morgan fingerprint density at radius 1 is 1.48 bits per heavy atom. The van der Waals surface area contributed by atoms with E-state index in [1.807, 2.05) is 0 Å². The second-order valence-electron chi connectivity index (χ2n) is 5.32. The van der Waals surface area contributed by atoms with Crippen LogP contribution in [-0.4, -0.2) is 43.0 Å². The lowest BCUT2D eigenvalue weighted by Gasteiger charge is -2.20. The van der Waals surface area contributed by atoms with Crippen molar-refractivity contribution in [2.45, 2.75) is 38.1 Å². The van der Waals surface area contributed by atoms with Crippen LogP contribution in [0.4, 0.5) is 0 Å². The smallest absolute Gasteiger partial charge is 0.251 e. The Morgan fingerprint density at radius 3 is 2.90 bits per heavy atom. The van der Waals surface area contributed by atoms with Crippen molar-refractivity contribution >= 4 is 21.5 Å². The maximum absolute atomic E-state index is 11.7. The van der Waals surface area contributed by atoms with Crippen LogP contribution >= 0.6 is 0 Å². The van der Waals surface area contributed by atoms with Crippen molar-refractivity contribution in [1.82, 2.24) is 20.3 Å². The van der Waals surface area contributed by atoms with Crippen molar-refractivity contribution in [3.05, 3.63) is 11.9 Å². The highest BCUT2D eigenvalue weighted by molar-refractivity contribution is 7.91. The van der Waals surface area contributed by atoms with E-state index < -0.39 is 15.8 Å². The van der Waals surface area contributed by atoms with Gasteiger partial charge in [-0.25, -0.2) is 4.68 Å². The summed E-state index contributed by atoms with van der Waals surface area (Å²) in [6, 6.07) is -0.480. The number of unbranched alkanes of at least 4 members (excludes halogenated alkanes) is 1. The van der Waals surface area contributed by atoms with E-state index in [2.05, 4.69) is 15.6 Å². The van der Waals surface area contributed by atoms with E-state index in [9.17, 15) is 13.8 Å². The van der Waals surface area contributed by atoms with Crippen LogP contribution in [0.15, 0.2) is 6.20 Å². The van der Waals surface area contributed by atoms with E-state index in [1.165, 1.54) is 10.9 Å². The minimum Gasteiger partial charge on any atom is -0.295 e. The molecule has 2 N–H and O–H groups in total. The predicted octanol–water partition coefficient (Wildman–Crippen LogP) is 0.255. The third kappa shape index (κ3) is 4.62. The van der Waals surface area contributed by atoms with Crippen molar-refractivity contribution < 1.29 is 13.8 Å². The SMILES string of the molecule is CS(=N)(=O)CCCCc1cn(C2CCC(=O)NC2=O)nn1. The topological polar surface area (TPSA) is 118 Å². The van der Waals surface area contributed by atoms with Crippen LogP contribution in [0.5, 0.6) is 0 Å². The van der Waals surface area contributed by atoms with E-state index in [0.717, 1.165) is 12.1 Å². The third-order valence-corrected chi connectivity index (χ3v) is 4.37. The molecule has 116 valence electrons. The van der Waals surface area contributed by atoms with Crippen molar-refractivity contribution in [1.29, 1.82) is 4.78 Å². The van der Waals surface area contributed by atoms with E-state index in [0.29, 0.717) is 31.4 Å². The molecule has 0 radical (unpaired) electrons. The first-order valence-electron chi connectivity index (χ1n) is 6.81. The molecular weight excluding hydrogens is 294 g/mol. The fraction of sp³-hybridized carbons (Fsp3) is 0.667. The van der Waals surface area contributed by atoms with Gasteiger partial charge in [0.25, 0.3) is 5.91 Å². The minimum atomic E-state index is -2.43. The molecule has 2 heterocycles. The number of aryl methyl sites for hydroxylation is 1. The molecule has 1 aromatic heterocycles. The molecule has 1 fully saturated rings. The number of hydrogen-bond donors (Lipinski definition) is 2. The third-order valence-electron chi connectivity index (χ3n) is 3.30. The zero-order chi connectivity index (χ0) is 15.5. The Bertz CT molecular complexity index is 637. The fourth-order valence-corrected chi connectivity index (χ4v) is 2.95. The molecular formula is C12H19N5O3S. The normalized spacial score (nSPS) is 21.9. The zero-order valence-corrected chi connectivity index (χ0v) is 12.7. The average molecular weight is 313 g/mol. The van der Waals surface area contributed by atoms with E-state index in [1.54, 1.807) is 6.20 Å². The highest BCUT2D eigenvalue weighted by Crippen LogP contribution is 2.17. The Labute approximate surface area is 123 Å². The molecule has 0 spiro atoms. The molecule has 1 aliphatic heterocycles. The van der Waals surface area contributed by atoms with Crippen molar-refractivity contribution in [3.8, 4) is 0 Å². The molecule has 2 rings (SSSR count). The largest absolute Gasteiger partial charge is 0.295 e. The van der Waals surface area contributed by atoms with Gasteiger partial charge in [-0.2, -0.15) is 0 Å². The quantitative estimate of drug-likeness (QED) is 0.577. The molecule has 1 saturated heterocycles. The van der Waals surface area contributed by atoms with Crippen LogP contribution < -0.4 is 5.32 Å². The number of carbonyl (C=O) groups is 2. The van der Waals surface area contributed by atoms with Crippen LogP contribution in [0.3, 0.4) is 0 Å². The summed E-state index contributed by atoms with van der Waals surface area (Å²) in [5.74, 6) is -0.216. The van der Waals surface area contributed by atoms with Gasteiger partial charge in [-0.3, -0.25) is 23.9 Å². The summed E-state index contributed by atoms with van der Waals surface area (Å²) >= 11 is 0. The summed E-state index contributed by atoms with van der Waals surface area (Å²) in [5, 5.41) is 10.2. The standard InChI is InChI=1S/C12H19N5O3S/c1-21(13,20)7-3-2-4-9-8-17(16-15-9)10-5-6-11(18)14-12(10)19/h8,10,13H,2-7H2,1H3,(H,14,18,19). The molecule has 2 amide bonds. The number of amides is 2. The summed E-state index contributed by atoms with van der Waals surface area (Å²) in [6.45, 7) is 0. The number of imide groups is 1. The van der Waals surface area contributed by atoms with Crippen LogP contribution in [-0.2, 0) is 25.7 Å². The molecule has 0 aromatic carbocycles. The summed E-state index contributed by atoms with van der Waals surface area (Å²) in [5.41, 5.74) is 0.757. The molecule has 1 aliphatic rings. The summed E-state index contributed by atoms with van der Waals surface area (Å²) in [6.07, 6.45) is 6.03. The van der Waals surface area contributed by atoms with Crippen LogP contribution in [0.2, 0.25) is 0 Å². The van der Waals surface area contributed by atoms with Gasteiger partial charge in [0.1, 0.15) is 6.04 Å². The first kappa shape index (κ1) is 15.6. The number of carbonyl (C=O) groups excluding carboxylic acids is 2. The van der Waals surface area contributed by atoms with Gasteiger partial charge in [0.2, 0.25) is 5.91 Å². The Kier molecular flexibility index (Phi) is 4.71. The molecule has 2 unspecified atom stereocenters. The summed E-state index contributed by atoms with van der Waals surface area (Å²) in [4.78, 5) is 22.8. The minimum absolute atomic E-state index is 0.254. The first-order chi connectivity index (χ1) is 9.85. The van der Waals surface area contributed by atoms with Gasteiger partial charge in [-0.15, -0.1) is 5.10 Å². The zero-order valence-electron chi connectivity index (χ0n) is 11.9. The van der Waals surface area contributed by atoms with Gasteiger partial charge in [-0.1, -0.05) is 5.21 Å². The number of hydrogen-bond acceptors (Lipinski definition) is 6. The highest BCUT2D eigenvalue weighted by Gasteiger charge is 2.28. The lowest BCUT2D eigenvalue weighted by atomic mass is 10.1. The van der Waals surface area contributed by atoms with Gasteiger partial charge in [0, 0.05) is 34.4 Å². The fourth-order valence-electron chi connectivity index (χ4n) is 2.20. The second kappa shape index (κ2) is 6.33. The highest BCUT2D eigenvalue weighted by atomic mass is 32.2. The maximum Gasteiger partial charge on any atom is 0.251 e. The lowest BCUT2D eigenvalue weighted by molar-refractivity contribution is -0.136. The number of aromatic nitrogens is 3. The van der Waals surface area contributed by atoms with Gasteiger partial charge in [0.05, 0.1) is 5.69 Å². The van der Waals surface area contributed by atoms with Gasteiger partial charge in [0.15, 0.2) is 0 Å². The summed E-state index contributed by atoms with van der Waals surface area (Å²) in [7, 11) is -2.43. The Balaban J connectivity index is 1.87. The molecule has 0 aliphatic carbocycles. The first-order valence-corrected chi connectivity index (χ1v) is 8.94. The van der Waals surface area contributed by atoms with Gasteiger partial charge < -0.3 is 0 Å². The van der Waals surface area contributed by atoms with Crippen molar-refractivity contribution in [2.24, 2.45) is 0 Å². The molecule has 0 bridgehead atoms.